The highest BCUT2D eigenvalue weighted by Gasteiger charge is 2.25. The summed E-state index contributed by atoms with van der Waals surface area (Å²) in [7, 11) is 1.29. The van der Waals surface area contributed by atoms with Crippen molar-refractivity contribution >= 4 is 22.6 Å². The molecule has 0 fully saturated rings. The number of ether oxygens (including phenoxy) is 1. The topological polar surface area (TPSA) is 90.3 Å². The fraction of sp³-hybridized carbons (Fsp3) is 0.474. The van der Waals surface area contributed by atoms with Crippen LogP contribution in [0.2, 0.25) is 0 Å². The van der Waals surface area contributed by atoms with Gasteiger partial charge in [0.25, 0.3) is 5.56 Å². The summed E-state index contributed by atoms with van der Waals surface area (Å²) in [6, 6.07) is 6.23. The number of nitrogens with zero attached hydrogens (tertiary/aromatic N) is 2. The first kappa shape index (κ1) is 19.6. The van der Waals surface area contributed by atoms with E-state index in [1.54, 1.807) is 24.3 Å². The highest BCUT2D eigenvalue weighted by Crippen LogP contribution is 2.15. The Morgan fingerprint density at radius 2 is 1.77 bits per heavy atom. The molecule has 26 heavy (non-hydrogen) atoms. The molecule has 1 aromatic heterocycles. The van der Waals surface area contributed by atoms with Gasteiger partial charge < -0.3 is 10.1 Å². The first-order valence-electron chi connectivity index (χ1n) is 8.63. The number of carbonyl (C=O) groups is 2. The summed E-state index contributed by atoms with van der Waals surface area (Å²) < 4.78 is 6.13. The lowest BCUT2D eigenvalue weighted by Crippen LogP contribution is -2.45. The summed E-state index contributed by atoms with van der Waals surface area (Å²) >= 11 is 0. The van der Waals surface area contributed by atoms with Gasteiger partial charge in [-0.2, -0.15) is 5.10 Å². The number of esters is 1. The van der Waals surface area contributed by atoms with Crippen LogP contribution in [0.4, 0.5) is 0 Å². The third kappa shape index (κ3) is 4.09. The van der Waals surface area contributed by atoms with Gasteiger partial charge in [0, 0.05) is 5.39 Å². The van der Waals surface area contributed by atoms with Gasteiger partial charge in [0.05, 0.1) is 30.7 Å². The molecular formula is C19H25N3O4. The van der Waals surface area contributed by atoms with Crippen molar-refractivity contribution in [3.05, 3.63) is 40.3 Å². The van der Waals surface area contributed by atoms with Crippen LogP contribution in [-0.4, -0.2) is 34.8 Å². The van der Waals surface area contributed by atoms with Crippen LogP contribution in [0.1, 0.15) is 39.4 Å². The van der Waals surface area contributed by atoms with E-state index in [0.717, 1.165) is 0 Å². The number of methoxy groups -OCH3 is 1. The minimum Gasteiger partial charge on any atom is -0.467 e. The zero-order valence-electron chi connectivity index (χ0n) is 15.8. The van der Waals surface area contributed by atoms with Crippen LogP contribution in [0, 0.1) is 5.92 Å². The first-order chi connectivity index (χ1) is 12.3. The Balaban J connectivity index is 2.38. The number of nitrogens with one attached hydrogen (secondary N) is 1. The maximum absolute atomic E-state index is 12.5. The van der Waals surface area contributed by atoms with Gasteiger partial charge in [0.1, 0.15) is 6.04 Å². The molecule has 0 bridgehead atoms. The lowest BCUT2D eigenvalue weighted by molar-refractivity contribution is -0.146. The molecule has 1 N–H and O–H groups in total. The van der Waals surface area contributed by atoms with Crippen LogP contribution in [0.5, 0.6) is 0 Å². The Labute approximate surface area is 152 Å². The van der Waals surface area contributed by atoms with Gasteiger partial charge in [-0.05, 0) is 25.8 Å². The normalized spacial score (nSPS) is 12.4. The molecule has 0 aliphatic heterocycles. The molecule has 0 saturated carbocycles. The molecule has 140 valence electrons. The van der Waals surface area contributed by atoms with Crippen LogP contribution < -0.4 is 10.9 Å². The van der Waals surface area contributed by atoms with Gasteiger partial charge in [-0.3, -0.25) is 9.59 Å². The monoisotopic (exact) mass is 359 g/mol. The van der Waals surface area contributed by atoms with E-state index in [9.17, 15) is 14.4 Å². The van der Waals surface area contributed by atoms with Gasteiger partial charge in [-0.1, -0.05) is 32.0 Å². The Kier molecular flexibility index (Phi) is 6.13. The summed E-state index contributed by atoms with van der Waals surface area (Å²) in [6.07, 6.45) is -0.0340. The average molecular weight is 359 g/mol. The lowest BCUT2D eigenvalue weighted by atomic mass is 10.0. The fourth-order valence-corrected chi connectivity index (χ4v) is 2.76. The number of aromatic nitrogens is 2. The quantitative estimate of drug-likeness (QED) is 0.795. The Bertz CT molecular complexity index is 871. The average Bonchev–Trinajstić information content (AvgIpc) is 2.61. The molecule has 0 aliphatic rings. The maximum Gasteiger partial charge on any atom is 0.328 e. The van der Waals surface area contributed by atoms with Crippen molar-refractivity contribution in [2.24, 2.45) is 5.92 Å². The van der Waals surface area contributed by atoms with Crippen molar-refractivity contribution < 1.29 is 14.3 Å². The molecule has 0 aliphatic carbocycles. The predicted octanol–water partition coefficient (Wildman–Crippen LogP) is 1.83. The number of rotatable bonds is 6. The second-order valence-corrected chi connectivity index (χ2v) is 6.82. The number of carbonyl (C=O) groups excluding carboxylic acids is 2. The summed E-state index contributed by atoms with van der Waals surface area (Å²) in [4.78, 5) is 36.9. The zero-order chi connectivity index (χ0) is 19.4. The van der Waals surface area contributed by atoms with E-state index in [0.29, 0.717) is 16.5 Å². The van der Waals surface area contributed by atoms with Gasteiger partial charge in [-0.25, -0.2) is 9.48 Å². The summed E-state index contributed by atoms with van der Waals surface area (Å²) in [6.45, 7) is 7.38. The maximum atomic E-state index is 12.5. The van der Waals surface area contributed by atoms with Crippen molar-refractivity contribution in [3.63, 3.8) is 0 Å². The standard InChI is InChI=1S/C19H25N3O4/c1-11(2)17(19(25)26-5)20-16(23)10-15-13-8-6-7-9-14(13)18(24)22(21-15)12(3)4/h6-9,11-12,17H,10H2,1-5H3,(H,20,23). The SMILES string of the molecule is COC(=O)C(NC(=O)Cc1nn(C(C)C)c(=O)c2ccccc12)C(C)C. The molecule has 2 aromatic rings. The van der Waals surface area contributed by atoms with Crippen molar-refractivity contribution in [2.75, 3.05) is 7.11 Å². The zero-order valence-corrected chi connectivity index (χ0v) is 15.8. The van der Waals surface area contributed by atoms with Crippen LogP contribution in [0.15, 0.2) is 29.1 Å². The second kappa shape index (κ2) is 8.12. The highest BCUT2D eigenvalue weighted by atomic mass is 16.5. The van der Waals surface area contributed by atoms with E-state index < -0.39 is 12.0 Å². The minimum absolute atomic E-state index is 0.0340. The van der Waals surface area contributed by atoms with Crippen molar-refractivity contribution in [3.8, 4) is 0 Å². The van der Waals surface area contributed by atoms with E-state index in [1.807, 2.05) is 27.7 Å². The van der Waals surface area contributed by atoms with Crippen molar-refractivity contribution in [1.82, 2.24) is 15.1 Å². The van der Waals surface area contributed by atoms with Crippen LogP contribution in [-0.2, 0) is 20.7 Å². The van der Waals surface area contributed by atoms with Gasteiger partial charge in [0.2, 0.25) is 5.91 Å². The highest BCUT2D eigenvalue weighted by molar-refractivity contribution is 5.90. The number of amides is 1. The molecule has 1 amide bonds. The molecular weight excluding hydrogens is 334 g/mol. The Hall–Kier alpha value is -2.70. The van der Waals surface area contributed by atoms with Gasteiger partial charge in [-0.15, -0.1) is 0 Å². The van der Waals surface area contributed by atoms with Gasteiger partial charge in [0.15, 0.2) is 0 Å². The summed E-state index contributed by atoms with van der Waals surface area (Å²) in [5, 5.41) is 8.25. The van der Waals surface area contributed by atoms with E-state index in [2.05, 4.69) is 10.4 Å². The minimum atomic E-state index is -0.727. The number of benzene rings is 1. The van der Waals surface area contributed by atoms with Crippen molar-refractivity contribution in [1.29, 1.82) is 0 Å². The smallest absolute Gasteiger partial charge is 0.328 e. The van der Waals surface area contributed by atoms with E-state index >= 15 is 0 Å². The summed E-state index contributed by atoms with van der Waals surface area (Å²) in [5.41, 5.74) is 0.313. The molecule has 2 rings (SSSR count). The Morgan fingerprint density at radius 3 is 2.31 bits per heavy atom. The predicted molar refractivity (Wildman–Crippen MR) is 98.9 cm³/mol. The molecule has 7 nitrogen and oxygen atoms in total. The van der Waals surface area contributed by atoms with Gasteiger partial charge >= 0.3 is 5.97 Å². The number of fused-ring (bicyclic) bond motifs is 1. The largest absolute Gasteiger partial charge is 0.467 e. The van der Waals surface area contributed by atoms with E-state index in [-0.39, 0.29) is 29.8 Å². The summed E-state index contributed by atoms with van der Waals surface area (Å²) in [5.74, 6) is -0.945. The van der Waals surface area contributed by atoms with Crippen LogP contribution >= 0.6 is 0 Å². The molecule has 0 saturated heterocycles. The van der Waals surface area contributed by atoms with Crippen molar-refractivity contribution in [2.45, 2.75) is 46.2 Å². The lowest BCUT2D eigenvalue weighted by Gasteiger charge is -2.20. The first-order valence-corrected chi connectivity index (χ1v) is 8.63. The third-order valence-corrected chi connectivity index (χ3v) is 4.16. The van der Waals surface area contributed by atoms with Crippen LogP contribution in [0.25, 0.3) is 10.8 Å². The number of hydrogen-bond donors (Lipinski definition) is 1. The molecule has 7 heteroatoms. The number of hydrogen-bond acceptors (Lipinski definition) is 5. The van der Waals surface area contributed by atoms with Crippen LogP contribution in [0.3, 0.4) is 0 Å². The third-order valence-electron chi connectivity index (χ3n) is 4.16. The Morgan fingerprint density at radius 1 is 1.15 bits per heavy atom. The molecule has 1 heterocycles. The second-order valence-electron chi connectivity index (χ2n) is 6.82. The van der Waals surface area contributed by atoms with E-state index in [1.165, 1.54) is 11.8 Å². The molecule has 1 aromatic carbocycles. The molecule has 0 radical (unpaired) electrons. The molecule has 1 unspecified atom stereocenters. The fourth-order valence-electron chi connectivity index (χ4n) is 2.76. The molecule has 1 atom stereocenters. The van der Waals surface area contributed by atoms with E-state index in [4.69, 9.17) is 4.74 Å². The molecule has 0 spiro atoms.